The van der Waals surface area contributed by atoms with E-state index in [0.717, 1.165) is 0 Å². The predicted octanol–water partition coefficient (Wildman–Crippen LogP) is 4.88. The zero-order valence-electron chi connectivity index (χ0n) is 16.0. The van der Waals surface area contributed by atoms with Crippen molar-refractivity contribution >= 4 is 34.8 Å². The van der Waals surface area contributed by atoms with Gasteiger partial charge in [-0.25, -0.2) is 14.1 Å². The van der Waals surface area contributed by atoms with E-state index in [2.05, 4.69) is 10.1 Å². The van der Waals surface area contributed by atoms with Crippen molar-refractivity contribution in [1.82, 2.24) is 4.68 Å². The number of rotatable bonds is 6. The van der Waals surface area contributed by atoms with E-state index in [4.69, 9.17) is 4.42 Å². The third-order valence-electron chi connectivity index (χ3n) is 4.22. The number of hydrogen-bond donors (Lipinski definition) is 0. The molecule has 0 amide bonds. The summed E-state index contributed by atoms with van der Waals surface area (Å²) in [6.07, 6.45) is 1.26. The summed E-state index contributed by atoms with van der Waals surface area (Å²) < 4.78 is 20.6. The summed E-state index contributed by atoms with van der Waals surface area (Å²) in [6.45, 7) is 0. The van der Waals surface area contributed by atoms with Crippen LogP contribution in [0.25, 0.3) is 11.3 Å². The number of halogens is 1. The molecule has 2 heterocycles. The molecule has 2 aromatic carbocycles. The van der Waals surface area contributed by atoms with Crippen LogP contribution in [0.4, 0.5) is 21.6 Å². The van der Waals surface area contributed by atoms with Crippen LogP contribution in [0.5, 0.6) is 0 Å². The molecule has 0 bridgehead atoms. The van der Waals surface area contributed by atoms with Crippen LogP contribution in [0.3, 0.4) is 0 Å². The largest absolute Gasteiger partial charge is 0.433 e. The minimum Gasteiger partial charge on any atom is -0.400 e. The summed E-state index contributed by atoms with van der Waals surface area (Å²) in [7, 11) is 0. The number of non-ortho nitro benzene ring substituents is 1. The van der Waals surface area contributed by atoms with E-state index in [1.165, 1.54) is 58.6 Å². The topological polar surface area (TPSA) is 129 Å². The van der Waals surface area contributed by atoms with E-state index in [-0.39, 0.29) is 17.1 Å². The number of nitro groups is 2. The van der Waals surface area contributed by atoms with Gasteiger partial charge in [0.15, 0.2) is 5.76 Å². The number of furan rings is 1. The number of para-hydroxylation sites is 1. The molecule has 160 valence electrons. The van der Waals surface area contributed by atoms with Gasteiger partial charge < -0.3 is 4.42 Å². The summed E-state index contributed by atoms with van der Waals surface area (Å²) in [4.78, 5) is 25.2. The number of thiazole rings is 1. The van der Waals surface area contributed by atoms with Crippen LogP contribution in [0.1, 0.15) is 5.76 Å². The molecule has 10 nitrogen and oxygen atoms in total. The van der Waals surface area contributed by atoms with Gasteiger partial charge in [0.05, 0.1) is 22.9 Å². The maximum atomic E-state index is 14.1. The fraction of sp³-hybridized carbons (Fsp3) is 0. The van der Waals surface area contributed by atoms with Crippen molar-refractivity contribution in [2.45, 2.75) is 0 Å². The minimum absolute atomic E-state index is 0.0711. The first-order valence-corrected chi connectivity index (χ1v) is 9.83. The molecule has 0 fully saturated rings. The van der Waals surface area contributed by atoms with Crippen molar-refractivity contribution in [3.63, 3.8) is 0 Å². The Morgan fingerprint density at radius 2 is 1.75 bits per heavy atom. The first-order valence-electron chi connectivity index (χ1n) is 8.95. The Kier molecular flexibility index (Phi) is 5.68. The second kappa shape index (κ2) is 8.73. The number of nitro benzene ring substituents is 1. The average Bonchev–Trinajstić information content (AvgIpc) is 3.41. The minimum atomic E-state index is -0.670. The highest BCUT2D eigenvalue weighted by molar-refractivity contribution is 7.07. The SMILES string of the molecule is O=[N+]([O-])c1ccc(-c2csc(=Nc3ccccc3F)n2N=Cc2ccc([N+](=O)[O-])o2)cc1. The third kappa shape index (κ3) is 4.34. The lowest BCUT2D eigenvalue weighted by Crippen LogP contribution is -2.11. The van der Waals surface area contributed by atoms with E-state index in [1.54, 1.807) is 29.6 Å². The molecule has 0 atom stereocenters. The van der Waals surface area contributed by atoms with Gasteiger partial charge >= 0.3 is 5.88 Å². The summed E-state index contributed by atoms with van der Waals surface area (Å²) in [5.41, 5.74) is 1.15. The Labute approximate surface area is 182 Å². The van der Waals surface area contributed by atoms with Gasteiger partial charge in [0.25, 0.3) is 5.69 Å². The summed E-state index contributed by atoms with van der Waals surface area (Å²) in [5, 5.41) is 27.8. The van der Waals surface area contributed by atoms with E-state index < -0.39 is 21.5 Å². The van der Waals surface area contributed by atoms with E-state index in [9.17, 15) is 24.6 Å². The van der Waals surface area contributed by atoms with E-state index in [1.807, 2.05) is 0 Å². The molecular formula is C20H12FN5O5S. The zero-order chi connectivity index (χ0) is 22.7. The van der Waals surface area contributed by atoms with Crippen molar-refractivity contribution in [2.75, 3.05) is 0 Å². The molecule has 0 aliphatic carbocycles. The van der Waals surface area contributed by atoms with Crippen LogP contribution < -0.4 is 4.80 Å². The number of aromatic nitrogens is 1. The Hall–Kier alpha value is -4.45. The fourth-order valence-electron chi connectivity index (χ4n) is 2.71. The Morgan fingerprint density at radius 1 is 1.00 bits per heavy atom. The van der Waals surface area contributed by atoms with Gasteiger partial charge in [-0.15, -0.1) is 11.3 Å². The molecule has 0 N–H and O–H groups in total. The molecule has 0 aliphatic rings. The molecule has 0 unspecified atom stereocenters. The Balaban J connectivity index is 1.82. The van der Waals surface area contributed by atoms with Gasteiger partial charge in [-0.1, -0.05) is 12.1 Å². The van der Waals surface area contributed by atoms with Crippen molar-refractivity contribution in [1.29, 1.82) is 0 Å². The average molecular weight is 453 g/mol. The van der Waals surface area contributed by atoms with Gasteiger partial charge in [-0.3, -0.25) is 20.2 Å². The lowest BCUT2D eigenvalue weighted by molar-refractivity contribution is -0.402. The van der Waals surface area contributed by atoms with Gasteiger partial charge in [-0.2, -0.15) is 5.10 Å². The monoisotopic (exact) mass is 453 g/mol. The van der Waals surface area contributed by atoms with Crippen LogP contribution in [0, 0.1) is 26.0 Å². The molecule has 12 heteroatoms. The lowest BCUT2D eigenvalue weighted by Gasteiger charge is -2.03. The molecule has 0 saturated heterocycles. The van der Waals surface area contributed by atoms with Crippen molar-refractivity contribution in [3.8, 4) is 11.3 Å². The van der Waals surface area contributed by atoms with E-state index in [0.29, 0.717) is 16.1 Å². The van der Waals surface area contributed by atoms with Crippen molar-refractivity contribution < 1.29 is 18.7 Å². The molecule has 32 heavy (non-hydrogen) atoms. The van der Waals surface area contributed by atoms with Gasteiger partial charge in [0.1, 0.15) is 16.4 Å². The smallest absolute Gasteiger partial charge is 0.400 e. The van der Waals surface area contributed by atoms with Crippen LogP contribution in [0.15, 0.2) is 80.6 Å². The third-order valence-corrected chi connectivity index (χ3v) is 5.04. The predicted molar refractivity (Wildman–Crippen MR) is 114 cm³/mol. The van der Waals surface area contributed by atoms with Gasteiger partial charge in [-0.05, 0) is 30.3 Å². The normalized spacial score (nSPS) is 11.8. The number of hydrogen-bond acceptors (Lipinski definition) is 8. The molecule has 0 spiro atoms. The molecular weight excluding hydrogens is 441 g/mol. The molecule has 4 aromatic rings. The second-order valence-corrected chi connectivity index (χ2v) is 7.10. The van der Waals surface area contributed by atoms with Crippen LogP contribution in [-0.4, -0.2) is 20.7 Å². The first kappa shape index (κ1) is 20.8. The second-order valence-electron chi connectivity index (χ2n) is 6.26. The Morgan fingerprint density at radius 3 is 2.41 bits per heavy atom. The summed E-state index contributed by atoms with van der Waals surface area (Å²) in [5.74, 6) is -0.828. The van der Waals surface area contributed by atoms with E-state index >= 15 is 0 Å². The summed E-state index contributed by atoms with van der Waals surface area (Å²) >= 11 is 1.17. The molecule has 0 radical (unpaired) electrons. The van der Waals surface area contributed by atoms with Crippen LogP contribution in [-0.2, 0) is 0 Å². The highest BCUT2D eigenvalue weighted by Gasteiger charge is 2.13. The number of benzene rings is 2. The first-order chi connectivity index (χ1) is 15.4. The van der Waals surface area contributed by atoms with Gasteiger partial charge in [0.2, 0.25) is 4.80 Å². The summed E-state index contributed by atoms with van der Waals surface area (Å²) in [6, 6.07) is 14.4. The fourth-order valence-corrected chi connectivity index (χ4v) is 3.56. The Bertz CT molecular complexity index is 1400. The highest BCUT2D eigenvalue weighted by atomic mass is 32.1. The lowest BCUT2D eigenvalue weighted by atomic mass is 10.1. The molecule has 0 aliphatic heterocycles. The van der Waals surface area contributed by atoms with Gasteiger partial charge in [0, 0.05) is 23.1 Å². The maximum absolute atomic E-state index is 14.1. The molecule has 4 rings (SSSR count). The van der Waals surface area contributed by atoms with Crippen molar-refractivity contribution in [2.24, 2.45) is 10.1 Å². The molecule has 2 aromatic heterocycles. The van der Waals surface area contributed by atoms with Crippen molar-refractivity contribution in [3.05, 3.63) is 103 Å². The van der Waals surface area contributed by atoms with Crippen LogP contribution >= 0.6 is 11.3 Å². The number of nitrogens with zero attached hydrogens (tertiary/aromatic N) is 5. The zero-order valence-corrected chi connectivity index (χ0v) is 16.8. The van der Waals surface area contributed by atoms with Crippen LogP contribution in [0.2, 0.25) is 0 Å². The standard InChI is InChI=1S/C20H12FN5O5S/c21-16-3-1-2-4-17(16)23-20-24(22-11-15-9-10-19(31-15)26(29)30)18(12-32-20)13-5-7-14(8-6-13)25(27)28/h1-12H. The maximum Gasteiger partial charge on any atom is 0.433 e. The molecule has 0 saturated carbocycles. The quantitative estimate of drug-likeness (QED) is 0.233. The highest BCUT2D eigenvalue weighted by Crippen LogP contribution is 2.24.